The Labute approximate surface area is 210 Å². The number of unbranched alkanes of at least 4 members (excludes halogenated alkanes) is 1. The van der Waals surface area contributed by atoms with Crippen molar-refractivity contribution in [2.75, 3.05) is 39.3 Å². The molecule has 0 bridgehead atoms. The highest BCUT2D eigenvalue weighted by atomic mass is 16.2. The van der Waals surface area contributed by atoms with E-state index in [-0.39, 0.29) is 17.9 Å². The lowest BCUT2D eigenvalue weighted by atomic mass is 9.86. The summed E-state index contributed by atoms with van der Waals surface area (Å²) in [6, 6.07) is 0.0217. The third-order valence-electron chi connectivity index (χ3n) is 8.71. The van der Waals surface area contributed by atoms with Crippen LogP contribution in [0.3, 0.4) is 0 Å². The molecule has 0 unspecified atom stereocenters. The minimum absolute atomic E-state index is 0.0217. The zero-order valence-corrected chi connectivity index (χ0v) is 21.3. The molecule has 2 aliphatic heterocycles. The van der Waals surface area contributed by atoms with Gasteiger partial charge in [-0.1, -0.05) is 51.4 Å². The molecule has 0 radical (unpaired) electrons. The number of amides is 4. The van der Waals surface area contributed by atoms with Gasteiger partial charge in [-0.05, 0) is 50.4 Å². The van der Waals surface area contributed by atoms with Gasteiger partial charge in [0.05, 0.1) is 0 Å². The summed E-state index contributed by atoms with van der Waals surface area (Å²) in [6.07, 6.45) is 15.9. The Morgan fingerprint density at radius 3 is 2.00 bits per heavy atom. The molecule has 1 N–H and O–H groups in total. The predicted molar refractivity (Wildman–Crippen MR) is 133 cm³/mol. The first-order valence-electron chi connectivity index (χ1n) is 14.2. The van der Waals surface area contributed by atoms with E-state index < -0.39 is 11.8 Å². The molecule has 4 aliphatic rings. The maximum absolute atomic E-state index is 12.7. The number of nitrogens with zero attached hydrogens (tertiary/aromatic N) is 3. The van der Waals surface area contributed by atoms with Crippen LogP contribution in [0.25, 0.3) is 0 Å². The van der Waals surface area contributed by atoms with Crippen LogP contribution in [0, 0.1) is 11.8 Å². The van der Waals surface area contributed by atoms with Crippen molar-refractivity contribution in [1.29, 1.82) is 0 Å². The van der Waals surface area contributed by atoms with E-state index in [1.54, 1.807) is 14.7 Å². The molecule has 0 spiro atoms. The maximum atomic E-state index is 12.7. The van der Waals surface area contributed by atoms with E-state index in [1.807, 2.05) is 0 Å². The topological polar surface area (TPSA) is 90.0 Å². The first-order valence-corrected chi connectivity index (χ1v) is 14.2. The third-order valence-corrected chi connectivity index (χ3v) is 8.71. The standard InChI is InChI=1S/C27H44N4O4/c32-24-25(33)31(16-14-21-9-3-1-4-10-21)23(19-28-24)13-7-8-15-29-17-18-30(27(35)26(29)34)20-22-11-5-2-6-12-22/h21-23H,1-20H2,(H,28,32)/t23-/m0/s1. The van der Waals surface area contributed by atoms with Crippen LogP contribution >= 0.6 is 0 Å². The fourth-order valence-electron chi connectivity index (χ4n) is 6.50. The van der Waals surface area contributed by atoms with E-state index in [0.29, 0.717) is 44.6 Å². The molecule has 196 valence electrons. The van der Waals surface area contributed by atoms with Gasteiger partial charge in [0, 0.05) is 45.3 Å². The van der Waals surface area contributed by atoms with Gasteiger partial charge in [-0.2, -0.15) is 0 Å². The fraction of sp³-hybridized carbons (Fsp3) is 0.852. The smallest absolute Gasteiger partial charge is 0.312 e. The Balaban J connectivity index is 1.19. The first-order chi connectivity index (χ1) is 17.0. The van der Waals surface area contributed by atoms with Gasteiger partial charge in [0.1, 0.15) is 0 Å². The van der Waals surface area contributed by atoms with Crippen LogP contribution < -0.4 is 5.32 Å². The van der Waals surface area contributed by atoms with E-state index in [0.717, 1.165) is 32.2 Å². The highest BCUT2D eigenvalue weighted by Crippen LogP contribution is 2.28. The van der Waals surface area contributed by atoms with Gasteiger partial charge in [0.15, 0.2) is 0 Å². The van der Waals surface area contributed by atoms with Crippen molar-refractivity contribution >= 4 is 23.6 Å². The highest BCUT2D eigenvalue weighted by molar-refractivity contribution is 6.36. The summed E-state index contributed by atoms with van der Waals surface area (Å²) in [5, 5.41) is 2.75. The quantitative estimate of drug-likeness (QED) is 0.378. The van der Waals surface area contributed by atoms with Crippen LogP contribution in [0.5, 0.6) is 0 Å². The summed E-state index contributed by atoms with van der Waals surface area (Å²) in [4.78, 5) is 55.1. The number of hydrogen-bond donors (Lipinski definition) is 1. The molecule has 2 heterocycles. The number of carbonyl (C=O) groups is 4. The fourth-order valence-corrected chi connectivity index (χ4v) is 6.50. The molecule has 2 aliphatic carbocycles. The summed E-state index contributed by atoms with van der Waals surface area (Å²) in [5.41, 5.74) is 0. The van der Waals surface area contributed by atoms with Gasteiger partial charge >= 0.3 is 23.6 Å². The van der Waals surface area contributed by atoms with Crippen molar-refractivity contribution in [3.63, 3.8) is 0 Å². The summed E-state index contributed by atoms with van der Waals surface area (Å²) >= 11 is 0. The van der Waals surface area contributed by atoms with Crippen molar-refractivity contribution in [3.05, 3.63) is 0 Å². The summed E-state index contributed by atoms with van der Waals surface area (Å²) in [5.74, 6) is -0.362. The molecule has 0 aromatic carbocycles. The lowest BCUT2D eigenvalue weighted by Crippen LogP contribution is -2.58. The molecule has 1 atom stereocenters. The zero-order valence-electron chi connectivity index (χ0n) is 21.3. The molecule has 4 amide bonds. The molecule has 4 rings (SSSR count). The molecule has 4 fully saturated rings. The molecule has 0 aromatic rings. The Kier molecular flexibility index (Phi) is 9.44. The van der Waals surface area contributed by atoms with Crippen LogP contribution in [0.4, 0.5) is 0 Å². The zero-order chi connectivity index (χ0) is 24.6. The molecule has 0 aromatic heterocycles. The van der Waals surface area contributed by atoms with Crippen LogP contribution in [0.15, 0.2) is 0 Å². The van der Waals surface area contributed by atoms with Crippen molar-refractivity contribution in [2.24, 2.45) is 11.8 Å². The molecule has 8 heteroatoms. The Morgan fingerprint density at radius 2 is 1.29 bits per heavy atom. The minimum Gasteiger partial charge on any atom is -0.346 e. The van der Waals surface area contributed by atoms with Crippen LogP contribution in [0.2, 0.25) is 0 Å². The summed E-state index contributed by atoms with van der Waals surface area (Å²) < 4.78 is 0. The summed E-state index contributed by atoms with van der Waals surface area (Å²) in [7, 11) is 0. The SMILES string of the molecule is O=C1NC[C@H](CCCCN2CCN(CC3CCCCC3)C(=O)C2=O)N(CCC2CCCCC2)C1=O. The largest absolute Gasteiger partial charge is 0.346 e. The molecular weight excluding hydrogens is 444 g/mol. The number of nitrogens with one attached hydrogen (secondary N) is 1. The molecule has 35 heavy (non-hydrogen) atoms. The van der Waals surface area contributed by atoms with Gasteiger partial charge in [-0.15, -0.1) is 0 Å². The number of hydrogen-bond acceptors (Lipinski definition) is 4. The van der Waals surface area contributed by atoms with Gasteiger partial charge in [-0.25, -0.2) is 0 Å². The van der Waals surface area contributed by atoms with E-state index in [1.165, 1.54) is 64.2 Å². The van der Waals surface area contributed by atoms with Gasteiger partial charge < -0.3 is 20.0 Å². The molecular formula is C27H44N4O4. The highest BCUT2D eigenvalue weighted by Gasteiger charge is 2.35. The van der Waals surface area contributed by atoms with Crippen LogP contribution in [-0.2, 0) is 19.2 Å². The van der Waals surface area contributed by atoms with Crippen molar-refractivity contribution in [3.8, 4) is 0 Å². The third kappa shape index (κ3) is 6.98. The van der Waals surface area contributed by atoms with E-state index in [9.17, 15) is 19.2 Å². The average Bonchev–Trinajstić information content (AvgIpc) is 2.88. The van der Waals surface area contributed by atoms with Crippen molar-refractivity contribution in [2.45, 2.75) is 95.9 Å². The van der Waals surface area contributed by atoms with E-state index >= 15 is 0 Å². The second kappa shape index (κ2) is 12.7. The van der Waals surface area contributed by atoms with Crippen LogP contribution in [-0.4, -0.2) is 83.6 Å². The number of piperazine rings is 2. The molecule has 8 nitrogen and oxygen atoms in total. The van der Waals surface area contributed by atoms with Gasteiger partial charge in [0.2, 0.25) is 0 Å². The summed E-state index contributed by atoms with van der Waals surface area (Å²) in [6.45, 7) is 3.74. The maximum Gasteiger partial charge on any atom is 0.312 e. The van der Waals surface area contributed by atoms with Gasteiger partial charge in [0.25, 0.3) is 0 Å². The first kappa shape index (κ1) is 26.0. The lowest BCUT2D eigenvalue weighted by molar-refractivity contribution is -0.156. The number of carbonyl (C=O) groups excluding carboxylic acids is 4. The second-order valence-electron chi connectivity index (χ2n) is 11.2. The van der Waals surface area contributed by atoms with Crippen molar-refractivity contribution < 1.29 is 19.2 Å². The van der Waals surface area contributed by atoms with E-state index in [2.05, 4.69) is 5.32 Å². The molecule has 2 saturated carbocycles. The number of rotatable bonds is 10. The Bertz CT molecular complexity index is 760. The average molecular weight is 489 g/mol. The predicted octanol–water partition coefficient (Wildman–Crippen LogP) is 2.71. The van der Waals surface area contributed by atoms with E-state index in [4.69, 9.17) is 0 Å². The Hall–Kier alpha value is -2.12. The molecule has 2 saturated heterocycles. The lowest BCUT2D eigenvalue weighted by Gasteiger charge is -2.37. The van der Waals surface area contributed by atoms with Gasteiger partial charge in [-0.3, -0.25) is 19.2 Å². The normalized spacial score (nSPS) is 25.4. The van der Waals surface area contributed by atoms with Crippen LogP contribution in [0.1, 0.15) is 89.9 Å². The van der Waals surface area contributed by atoms with Crippen molar-refractivity contribution in [1.82, 2.24) is 20.0 Å². The Morgan fingerprint density at radius 1 is 0.657 bits per heavy atom. The minimum atomic E-state index is -0.486. The monoisotopic (exact) mass is 488 g/mol. The second-order valence-corrected chi connectivity index (χ2v) is 11.2.